The largest absolute Gasteiger partial charge is 0.512 e. The fourth-order valence-corrected chi connectivity index (χ4v) is 0.490. The van der Waals surface area contributed by atoms with Gasteiger partial charge in [0.1, 0.15) is 0 Å². The van der Waals surface area contributed by atoms with Gasteiger partial charge in [-0.05, 0) is 6.92 Å². The van der Waals surface area contributed by atoms with Crippen LogP contribution in [0.5, 0.6) is 0 Å². The Bertz CT molecular complexity index is 171. The fraction of sp³-hybridized carbons (Fsp3) is 0.625. The molecule has 3 heteroatoms. The Balaban J connectivity index is 4.20. The predicted molar refractivity (Wildman–Crippen MR) is 45.9 cm³/mol. The highest BCUT2D eigenvalue weighted by Gasteiger charge is 2.08. The molecule has 0 radical (unpaired) electrons. The Morgan fingerprint density at radius 3 is 2.18 bits per heavy atom. The number of carbonyl (C=O) groups excluding carboxylic acids is 1. The summed E-state index contributed by atoms with van der Waals surface area (Å²) in [6.07, 6.45) is 1.18. The van der Waals surface area contributed by atoms with Gasteiger partial charge in [-0.1, -0.05) is 13.8 Å². The molecule has 0 aromatic rings. The Labute approximate surface area is 71.9 Å². The number of alkyl halides is 1. The lowest BCUT2D eigenvalue weighted by molar-refractivity contribution is -0.114. The topological polar surface area (TPSA) is 37.3 Å². The molecule has 0 saturated carbocycles. The molecule has 64 valence electrons. The van der Waals surface area contributed by atoms with Gasteiger partial charge in [0.25, 0.3) is 0 Å². The van der Waals surface area contributed by atoms with Crippen LogP contribution in [-0.2, 0) is 4.79 Å². The van der Waals surface area contributed by atoms with Gasteiger partial charge in [0.05, 0.1) is 11.1 Å². The molecule has 1 N–H and O–H groups in total. The molecule has 0 rings (SSSR count). The van der Waals surface area contributed by atoms with Crippen LogP contribution >= 0.6 is 11.6 Å². The van der Waals surface area contributed by atoms with E-state index >= 15 is 0 Å². The molecular weight excluding hydrogens is 164 g/mol. The Hall–Kier alpha value is -0.500. The van der Waals surface area contributed by atoms with Crippen molar-refractivity contribution in [1.82, 2.24) is 0 Å². The van der Waals surface area contributed by atoms with Crippen molar-refractivity contribution in [3.63, 3.8) is 0 Å². The first kappa shape index (κ1) is 10.5. The minimum atomic E-state index is -0.559. The van der Waals surface area contributed by atoms with E-state index in [4.69, 9.17) is 16.7 Å². The summed E-state index contributed by atoms with van der Waals surface area (Å²) < 4.78 is 0. The number of allylic oxidation sites excluding steroid dienone is 2. The number of ketones is 1. The maximum Gasteiger partial charge on any atom is 0.176 e. The first-order valence-corrected chi connectivity index (χ1v) is 3.97. The van der Waals surface area contributed by atoms with E-state index in [-0.39, 0.29) is 17.5 Å². The highest BCUT2D eigenvalue weighted by molar-refractivity contribution is 6.32. The summed E-state index contributed by atoms with van der Waals surface area (Å²) >= 11 is 5.47. The molecule has 0 fully saturated rings. The highest BCUT2D eigenvalue weighted by atomic mass is 35.5. The van der Waals surface area contributed by atoms with Crippen LogP contribution in [0.25, 0.3) is 0 Å². The zero-order valence-corrected chi connectivity index (χ0v) is 7.72. The van der Waals surface area contributed by atoms with Crippen LogP contribution < -0.4 is 0 Å². The predicted octanol–water partition coefficient (Wildman–Crippen LogP) is 2.28. The summed E-state index contributed by atoms with van der Waals surface area (Å²) in [7, 11) is 0. The van der Waals surface area contributed by atoms with Crippen LogP contribution in [0, 0.1) is 5.92 Å². The number of aliphatic hydroxyl groups excluding tert-OH is 1. The summed E-state index contributed by atoms with van der Waals surface area (Å²) in [6, 6.07) is 0. The molecule has 0 saturated heterocycles. The van der Waals surface area contributed by atoms with Gasteiger partial charge in [-0.15, -0.1) is 11.6 Å². The maximum absolute atomic E-state index is 10.9. The molecule has 1 atom stereocenters. The number of hydrogen-bond acceptors (Lipinski definition) is 2. The van der Waals surface area contributed by atoms with Crippen LogP contribution in [0.2, 0.25) is 0 Å². The van der Waals surface area contributed by atoms with E-state index in [1.807, 2.05) is 0 Å². The number of rotatable bonds is 3. The van der Waals surface area contributed by atoms with Crippen LogP contribution in [-0.4, -0.2) is 16.3 Å². The standard InChI is InChI=1S/C8H13ClO2/c1-5(2)7(10)4-8(11)6(3)9/h4-6,10H,1-3H3/b7-4-. The number of hydrogen-bond donors (Lipinski definition) is 1. The van der Waals surface area contributed by atoms with Gasteiger partial charge in [-0.25, -0.2) is 0 Å². The van der Waals surface area contributed by atoms with Crippen molar-refractivity contribution in [2.75, 3.05) is 0 Å². The van der Waals surface area contributed by atoms with Crippen LogP contribution in [0.4, 0.5) is 0 Å². The number of carbonyl (C=O) groups is 1. The SMILES string of the molecule is CC(Cl)C(=O)/C=C(\O)C(C)C. The van der Waals surface area contributed by atoms with Crippen molar-refractivity contribution in [3.05, 3.63) is 11.8 Å². The summed E-state index contributed by atoms with van der Waals surface area (Å²) in [5.41, 5.74) is 0. The molecule has 11 heavy (non-hydrogen) atoms. The normalized spacial score (nSPS) is 15.2. The molecule has 0 aliphatic carbocycles. The van der Waals surface area contributed by atoms with Crippen molar-refractivity contribution in [3.8, 4) is 0 Å². The van der Waals surface area contributed by atoms with Crippen molar-refractivity contribution in [2.45, 2.75) is 26.1 Å². The second-order valence-electron chi connectivity index (χ2n) is 2.74. The van der Waals surface area contributed by atoms with E-state index in [1.54, 1.807) is 20.8 Å². The monoisotopic (exact) mass is 176 g/mol. The lowest BCUT2D eigenvalue weighted by atomic mass is 10.1. The quantitative estimate of drug-likeness (QED) is 0.407. The molecule has 0 bridgehead atoms. The maximum atomic E-state index is 10.9. The third kappa shape index (κ3) is 4.04. The molecule has 0 amide bonds. The molecular formula is C8H13ClO2. The van der Waals surface area contributed by atoms with Crippen LogP contribution in [0.15, 0.2) is 11.8 Å². The Kier molecular flexibility index (Phi) is 4.19. The van der Waals surface area contributed by atoms with Gasteiger partial charge in [-0.2, -0.15) is 0 Å². The van der Waals surface area contributed by atoms with Crippen LogP contribution in [0.3, 0.4) is 0 Å². The third-order valence-corrected chi connectivity index (χ3v) is 1.49. The van der Waals surface area contributed by atoms with Gasteiger partial charge < -0.3 is 5.11 Å². The Morgan fingerprint density at radius 1 is 1.45 bits per heavy atom. The summed E-state index contributed by atoms with van der Waals surface area (Å²) in [4.78, 5) is 10.9. The van der Waals surface area contributed by atoms with E-state index < -0.39 is 5.38 Å². The lowest BCUT2D eigenvalue weighted by Gasteiger charge is -2.02. The van der Waals surface area contributed by atoms with Gasteiger partial charge in [-0.3, -0.25) is 4.79 Å². The first-order valence-electron chi connectivity index (χ1n) is 3.53. The lowest BCUT2D eigenvalue weighted by Crippen LogP contribution is -2.08. The minimum absolute atomic E-state index is 0.0191. The molecule has 0 heterocycles. The first-order chi connectivity index (χ1) is 4.95. The van der Waals surface area contributed by atoms with Crippen molar-refractivity contribution in [2.24, 2.45) is 5.92 Å². The molecule has 0 aromatic carbocycles. The molecule has 0 aliphatic heterocycles. The minimum Gasteiger partial charge on any atom is -0.512 e. The van der Waals surface area contributed by atoms with Gasteiger partial charge in [0.2, 0.25) is 0 Å². The molecule has 1 unspecified atom stereocenters. The summed E-state index contributed by atoms with van der Waals surface area (Å²) in [5, 5.41) is 8.57. The zero-order chi connectivity index (χ0) is 9.02. The van der Waals surface area contributed by atoms with E-state index in [1.165, 1.54) is 6.08 Å². The van der Waals surface area contributed by atoms with Crippen molar-refractivity contribution < 1.29 is 9.90 Å². The van der Waals surface area contributed by atoms with E-state index in [0.29, 0.717) is 0 Å². The van der Waals surface area contributed by atoms with Gasteiger partial charge in [0, 0.05) is 12.0 Å². The molecule has 0 aromatic heterocycles. The van der Waals surface area contributed by atoms with E-state index in [0.717, 1.165) is 0 Å². The highest BCUT2D eigenvalue weighted by Crippen LogP contribution is 2.07. The smallest absolute Gasteiger partial charge is 0.176 e. The fourth-order valence-electron chi connectivity index (χ4n) is 0.427. The second-order valence-corrected chi connectivity index (χ2v) is 3.40. The summed E-state index contributed by atoms with van der Waals surface area (Å²) in [5.74, 6) is -0.185. The van der Waals surface area contributed by atoms with Crippen LogP contribution in [0.1, 0.15) is 20.8 Å². The molecule has 0 spiro atoms. The third-order valence-electron chi connectivity index (χ3n) is 1.27. The van der Waals surface area contributed by atoms with E-state index in [2.05, 4.69) is 0 Å². The average molecular weight is 177 g/mol. The van der Waals surface area contributed by atoms with Gasteiger partial charge in [0.15, 0.2) is 5.78 Å². The number of halogens is 1. The van der Waals surface area contributed by atoms with E-state index in [9.17, 15) is 4.79 Å². The van der Waals surface area contributed by atoms with Gasteiger partial charge >= 0.3 is 0 Å². The molecule has 2 nitrogen and oxygen atoms in total. The van der Waals surface area contributed by atoms with Crippen molar-refractivity contribution >= 4 is 17.4 Å². The second kappa shape index (κ2) is 4.39. The number of aliphatic hydroxyl groups is 1. The molecule has 0 aliphatic rings. The zero-order valence-electron chi connectivity index (χ0n) is 6.97. The van der Waals surface area contributed by atoms with Crippen molar-refractivity contribution in [1.29, 1.82) is 0 Å². The Morgan fingerprint density at radius 2 is 1.91 bits per heavy atom. The average Bonchev–Trinajstić information content (AvgIpc) is 1.87. The summed E-state index contributed by atoms with van der Waals surface area (Å²) in [6.45, 7) is 5.18.